The number of benzene rings is 2. The number of phenols is 2. The van der Waals surface area contributed by atoms with Crippen LogP contribution in [0, 0.1) is 0 Å². The van der Waals surface area contributed by atoms with Crippen molar-refractivity contribution in [1.29, 1.82) is 0 Å². The van der Waals surface area contributed by atoms with Crippen LogP contribution in [-0.4, -0.2) is 51.9 Å². The third kappa shape index (κ3) is 3.73. The number of phenolic OH excluding ortho intramolecular Hbond substituents is 2. The van der Waals surface area contributed by atoms with Crippen molar-refractivity contribution >= 4 is 27.0 Å². The van der Waals surface area contributed by atoms with Crippen LogP contribution in [0.1, 0.15) is 15.9 Å². The Labute approximate surface area is 156 Å². The highest BCUT2D eigenvalue weighted by atomic mass is 32.2. The van der Waals surface area contributed by atoms with Crippen molar-refractivity contribution in [2.45, 2.75) is 9.79 Å². The van der Waals surface area contributed by atoms with E-state index in [1.54, 1.807) is 0 Å². The average Bonchev–Trinajstić information content (AvgIpc) is 2.59. The van der Waals surface area contributed by atoms with Gasteiger partial charge in [0.1, 0.15) is 15.0 Å². The van der Waals surface area contributed by atoms with Gasteiger partial charge in [0.25, 0.3) is 0 Å². The number of ether oxygens (including phenoxy) is 2. The van der Waals surface area contributed by atoms with Gasteiger partial charge in [-0.1, -0.05) is 0 Å². The molecule has 0 aliphatic rings. The fourth-order valence-corrected chi connectivity index (χ4v) is 3.49. The lowest BCUT2D eigenvalue weighted by Crippen LogP contribution is -2.08. The third-order valence-electron chi connectivity index (χ3n) is 3.54. The maximum atomic E-state index is 12.7. The van der Waals surface area contributed by atoms with Crippen molar-refractivity contribution in [2.24, 2.45) is 0 Å². The van der Waals surface area contributed by atoms with Crippen LogP contribution in [0.3, 0.4) is 0 Å². The van der Waals surface area contributed by atoms with E-state index < -0.39 is 70.9 Å². The second kappa shape index (κ2) is 7.52. The quantitative estimate of drug-likeness (QED) is 0.383. The molecule has 0 amide bonds. The first-order chi connectivity index (χ1) is 12.5. The molecule has 2 N–H and O–H groups in total. The van der Waals surface area contributed by atoms with Crippen molar-refractivity contribution < 1.29 is 46.2 Å². The number of carbonyl (C=O) groups is 1. The zero-order chi connectivity index (χ0) is 20.5. The van der Waals surface area contributed by atoms with Crippen molar-refractivity contribution in [1.82, 2.24) is 0 Å². The van der Waals surface area contributed by atoms with Gasteiger partial charge in [-0.15, -0.1) is 0 Å². The summed E-state index contributed by atoms with van der Waals surface area (Å²) in [6, 6.07) is 3.61. The lowest BCUT2D eigenvalue weighted by atomic mass is 10.0. The summed E-state index contributed by atoms with van der Waals surface area (Å²) in [6.45, 7) is 0. The Bertz CT molecular complexity index is 1040. The SMILES string of the molecule is COc1c(S(=O)[O-])ccc(C(=O)c2ccc(S(=O)(=O)[O-])c(OC)c2O)c1O. The van der Waals surface area contributed by atoms with Crippen LogP contribution in [0.25, 0.3) is 0 Å². The molecule has 0 saturated carbocycles. The number of rotatable bonds is 6. The zero-order valence-corrected chi connectivity index (χ0v) is 15.4. The van der Waals surface area contributed by atoms with Crippen LogP contribution in [0.2, 0.25) is 0 Å². The van der Waals surface area contributed by atoms with Crippen molar-refractivity contribution in [2.75, 3.05) is 14.2 Å². The molecule has 2 rings (SSSR count). The Hall–Kier alpha value is -2.67. The molecule has 0 radical (unpaired) electrons. The Kier molecular flexibility index (Phi) is 5.75. The molecule has 146 valence electrons. The van der Waals surface area contributed by atoms with Gasteiger partial charge in [0, 0.05) is 0 Å². The number of aromatic hydroxyl groups is 2. The summed E-state index contributed by atoms with van der Waals surface area (Å²) in [5.41, 5.74) is -0.927. The number of carbonyl (C=O) groups excluding carboxylic acids is 1. The van der Waals surface area contributed by atoms with E-state index in [-0.39, 0.29) is 0 Å². The van der Waals surface area contributed by atoms with E-state index in [1.807, 2.05) is 0 Å². The van der Waals surface area contributed by atoms with Crippen LogP contribution in [0.4, 0.5) is 0 Å². The number of hydrogen-bond acceptors (Lipinski definition) is 10. The normalized spacial score (nSPS) is 12.4. The summed E-state index contributed by atoms with van der Waals surface area (Å²) >= 11 is -2.76. The van der Waals surface area contributed by atoms with Crippen LogP contribution in [0.5, 0.6) is 23.0 Å². The predicted octanol–water partition coefficient (Wildman–Crippen LogP) is 0.488. The molecule has 0 bridgehead atoms. The van der Waals surface area contributed by atoms with Gasteiger partial charge in [-0.05, 0) is 35.3 Å². The van der Waals surface area contributed by atoms with Gasteiger partial charge in [-0.25, -0.2) is 8.42 Å². The van der Waals surface area contributed by atoms with Crippen LogP contribution in [-0.2, 0) is 21.2 Å². The van der Waals surface area contributed by atoms with E-state index in [0.717, 1.165) is 38.5 Å². The van der Waals surface area contributed by atoms with Crippen LogP contribution in [0.15, 0.2) is 34.1 Å². The largest absolute Gasteiger partial charge is 0.768 e. The van der Waals surface area contributed by atoms with Crippen LogP contribution < -0.4 is 9.47 Å². The molecule has 0 aromatic heterocycles. The average molecular weight is 416 g/mol. The summed E-state index contributed by atoms with van der Waals surface area (Å²) < 4.78 is 65.4. The molecule has 27 heavy (non-hydrogen) atoms. The predicted molar refractivity (Wildman–Crippen MR) is 87.9 cm³/mol. The Balaban J connectivity index is 2.68. The molecule has 12 heteroatoms. The topological polar surface area (TPSA) is 173 Å². The molecule has 2 aromatic rings. The highest BCUT2D eigenvalue weighted by Crippen LogP contribution is 2.40. The van der Waals surface area contributed by atoms with E-state index in [2.05, 4.69) is 0 Å². The van der Waals surface area contributed by atoms with E-state index in [9.17, 15) is 36.7 Å². The van der Waals surface area contributed by atoms with Crippen molar-refractivity contribution in [3.63, 3.8) is 0 Å². The van der Waals surface area contributed by atoms with Crippen molar-refractivity contribution in [3.8, 4) is 23.0 Å². The Morgan fingerprint density at radius 3 is 1.93 bits per heavy atom. The fraction of sp³-hybridized carbons (Fsp3) is 0.133. The molecule has 0 heterocycles. The van der Waals surface area contributed by atoms with Gasteiger partial charge in [0.2, 0.25) is 5.78 Å². The third-order valence-corrected chi connectivity index (χ3v) is 5.08. The molecule has 0 spiro atoms. The second-order valence-corrected chi connectivity index (χ2v) is 7.26. The standard InChI is InChI=1S/C15H14O10S2/c1-24-14-9(26(19)20)5-3-7(12(14)17)11(16)8-4-6-10(27(21,22)23)15(25-2)13(8)18/h3-6,17-18H,1-2H3,(H,19,20)(H,21,22,23)/p-2. The minimum Gasteiger partial charge on any atom is -0.768 e. The molecular weight excluding hydrogens is 404 g/mol. The fourth-order valence-electron chi connectivity index (χ4n) is 2.34. The number of methoxy groups -OCH3 is 2. The number of hydrogen-bond donors (Lipinski definition) is 2. The Morgan fingerprint density at radius 2 is 1.48 bits per heavy atom. The number of ketones is 1. The van der Waals surface area contributed by atoms with E-state index >= 15 is 0 Å². The summed E-state index contributed by atoms with van der Waals surface area (Å²) in [5, 5.41) is 20.3. The monoisotopic (exact) mass is 416 g/mol. The lowest BCUT2D eigenvalue weighted by Gasteiger charge is -2.17. The van der Waals surface area contributed by atoms with Gasteiger partial charge < -0.3 is 28.8 Å². The smallest absolute Gasteiger partial charge is 0.200 e. The molecule has 0 saturated heterocycles. The maximum Gasteiger partial charge on any atom is 0.200 e. The summed E-state index contributed by atoms with van der Waals surface area (Å²) in [6.07, 6.45) is 0. The molecule has 0 aliphatic carbocycles. The molecular formula is C15H12O10S2-2. The second-order valence-electron chi connectivity index (χ2n) is 5.00. The molecule has 10 nitrogen and oxygen atoms in total. The Morgan fingerprint density at radius 1 is 1.00 bits per heavy atom. The first-order valence-corrected chi connectivity index (χ1v) is 9.42. The highest BCUT2D eigenvalue weighted by Gasteiger charge is 2.26. The van der Waals surface area contributed by atoms with Gasteiger partial charge in [0.15, 0.2) is 23.0 Å². The van der Waals surface area contributed by atoms with Crippen LogP contribution >= 0.6 is 0 Å². The van der Waals surface area contributed by atoms with Crippen molar-refractivity contribution in [3.05, 3.63) is 35.4 Å². The molecule has 0 fully saturated rings. The minimum absolute atomic E-state index is 0.402. The van der Waals surface area contributed by atoms with E-state index in [0.29, 0.717) is 0 Å². The molecule has 2 aromatic carbocycles. The highest BCUT2D eigenvalue weighted by molar-refractivity contribution is 7.85. The van der Waals surface area contributed by atoms with Gasteiger partial charge >= 0.3 is 0 Å². The lowest BCUT2D eigenvalue weighted by molar-refractivity contribution is 0.103. The maximum absolute atomic E-state index is 12.7. The molecule has 0 aliphatic heterocycles. The molecule has 1 atom stereocenters. The first kappa shape index (κ1) is 20.6. The van der Waals surface area contributed by atoms with Gasteiger partial charge in [0.05, 0.1) is 30.2 Å². The zero-order valence-electron chi connectivity index (χ0n) is 13.8. The van der Waals surface area contributed by atoms with E-state index in [1.165, 1.54) is 0 Å². The minimum atomic E-state index is -4.99. The van der Waals surface area contributed by atoms with Gasteiger partial charge in [-0.3, -0.25) is 9.00 Å². The summed E-state index contributed by atoms with van der Waals surface area (Å²) in [7, 11) is -2.93. The van der Waals surface area contributed by atoms with E-state index in [4.69, 9.17) is 9.47 Å². The molecule has 1 unspecified atom stereocenters. The summed E-state index contributed by atoms with van der Waals surface area (Å²) in [5.74, 6) is -3.96. The van der Waals surface area contributed by atoms with Gasteiger partial charge in [-0.2, -0.15) is 0 Å². The first-order valence-electron chi connectivity index (χ1n) is 6.94. The summed E-state index contributed by atoms with van der Waals surface area (Å²) in [4.78, 5) is 11.4.